The average Bonchev–Trinajstić information content (AvgIpc) is 2.59. The summed E-state index contributed by atoms with van der Waals surface area (Å²) in [6.07, 6.45) is 0.805. The molecule has 0 aromatic carbocycles. The number of ether oxygens (including phenoxy) is 1. The summed E-state index contributed by atoms with van der Waals surface area (Å²) in [6, 6.07) is -0.550. The van der Waals surface area contributed by atoms with E-state index in [0.717, 1.165) is 0 Å². The van der Waals surface area contributed by atoms with E-state index in [4.69, 9.17) is 22.7 Å². The van der Waals surface area contributed by atoms with Crippen molar-refractivity contribution < 1.29 is 14.3 Å². The molecule has 1 aliphatic rings. The van der Waals surface area contributed by atoms with Crippen LogP contribution >= 0.6 is 12.2 Å². The van der Waals surface area contributed by atoms with Gasteiger partial charge in [0.15, 0.2) is 0 Å². The van der Waals surface area contributed by atoms with E-state index in [1.807, 2.05) is 6.92 Å². The number of hydrogen-bond acceptors (Lipinski definition) is 4. The number of rotatable bonds is 4. The van der Waals surface area contributed by atoms with Gasteiger partial charge in [-0.2, -0.15) is 0 Å². The first-order chi connectivity index (χ1) is 8.65. The molecule has 0 unspecified atom stereocenters. The van der Waals surface area contributed by atoms with E-state index in [1.54, 1.807) is 20.8 Å². The SMILES string of the molecule is CC[C@@H](C(=O)OC(C)(C)C)N1C[C@H](C(N)=S)CC1=O. The predicted molar refractivity (Wildman–Crippen MR) is 76.5 cm³/mol. The number of hydrogen-bond donors (Lipinski definition) is 1. The summed E-state index contributed by atoms with van der Waals surface area (Å²) in [6.45, 7) is 7.69. The molecular weight excluding hydrogens is 264 g/mol. The third-order valence-corrected chi connectivity index (χ3v) is 3.34. The summed E-state index contributed by atoms with van der Waals surface area (Å²) in [7, 11) is 0. The average molecular weight is 286 g/mol. The molecule has 19 heavy (non-hydrogen) atoms. The number of carbonyl (C=O) groups excluding carboxylic acids is 2. The van der Waals surface area contributed by atoms with E-state index in [9.17, 15) is 9.59 Å². The minimum atomic E-state index is -0.560. The van der Waals surface area contributed by atoms with Gasteiger partial charge >= 0.3 is 5.97 Å². The summed E-state index contributed by atoms with van der Waals surface area (Å²) in [5.41, 5.74) is 5.02. The van der Waals surface area contributed by atoms with Crippen LogP contribution in [-0.2, 0) is 14.3 Å². The maximum Gasteiger partial charge on any atom is 0.329 e. The van der Waals surface area contributed by atoms with Crippen molar-refractivity contribution >= 4 is 29.1 Å². The third-order valence-electron chi connectivity index (χ3n) is 3.00. The lowest BCUT2D eigenvalue weighted by Crippen LogP contribution is -2.45. The molecule has 0 aromatic heterocycles. The Hall–Kier alpha value is -1.17. The Morgan fingerprint density at radius 3 is 2.53 bits per heavy atom. The van der Waals surface area contributed by atoms with Gasteiger partial charge in [-0.1, -0.05) is 19.1 Å². The van der Waals surface area contributed by atoms with Crippen LogP contribution in [-0.4, -0.2) is 40.0 Å². The Labute approximate surface area is 119 Å². The van der Waals surface area contributed by atoms with Crippen molar-refractivity contribution in [3.8, 4) is 0 Å². The van der Waals surface area contributed by atoms with E-state index in [1.165, 1.54) is 4.90 Å². The van der Waals surface area contributed by atoms with Crippen LogP contribution < -0.4 is 5.73 Å². The number of likely N-dealkylation sites (tertiary alicyclic amines) is 1. The monoisotopic (exact) mass is 286 g/mol. The highest BCUT2D eigenvalue weighted by molar-refractivity contribution is 7.80. The van der Waals surface area contributed by atoms with Gasteiger partial charge in [0.25, 0.3) is 0 Å². The molecular formula is C13H22N2O3S. The van der Waals surface area contributed by atoms with Gasteiger partial charge in [0.1, 0.15) is 11.6 Å². The molecule has 0 radical (unpaired) electrons. The highest BCUT2D eigenvalue weighted by Gasteiger charge is 2.39. The molecule has 2 atom stereocenters. The number of nitrogens with zero attached hydrogens (tertiary/aromatic N) is 1. The summed E-state index contributed by atoms with van der Waals surface area (Å²) in [5.74, 6) is -0.596. The number of esters is 1. The summed E-state index contributed by atoms with van der Waals surface area (Å²) >= 11 is 4.92. The first-order valence-electron chi connectivity index (χ1n) is 6.47. The zero-order chi connectivity index (χ0) is 14.8. The highest BCUT2D eigenvalue weighted by Crippen LogP contribution is 2.23. The summed E-state index contributed by atoms with van der Waals surface area (Å²) in [5, 5.41) is 0. The van der Waals surface area contributed by atoms with E-state index in [-0.39, 0.29) is 24.2 Å². The van der Waals surface area contributed by atoms with Gasteiger partial charge in [0.2, 0.25) is 5.91 Å². The second-order valence-electron chi connectivity index (χ2n) is 5.81. The number of carbonyl (C=O) groups is 2. The van der Waals surface area contributed by atoms with E-state index in [0.29, 0.717) is 18.0 Å². The number of nitrogens with two attached hydrogens (primary N) is 1. The van der Waals surface area contributed by atoms with Crippen LogP contribution in [0.15, 0.2) is 0 Å². The van der Waals surface area contributed by atoms with Crippen molar-refractivity contribution in [2.75, 3.05) is 6.54 Å². The number of thiocarbonyl (C=S) groups is 1. The van der Waals surface area contributed by atoms with Gasteiger partial charge in [0.05, 0.1) is 4.99 Å². The quantitative estimate of drug-likeness (QED) is 0.622. The fraction of sp³-hybridized carbons (Fsp3) is 0.769. The van der Waals surface area contributed by atoms with Crippen LogP contribution in [0, 0.1) is 5.92 Å². The molecule has 0 bridgehead atoms. The minimum Gasteiger partial charge on any atom is -0.458 e. The molecule has 2 N–H and O–H groups in total. The van der Waals surface area contributed by atoms with Gasteiger partial charge in [-0.05, 0) is 27.2 Å². The Morgan fingerprint density at radius 1 is 1.58 bits per heavy atom. The lowest BCUT2D eigenvalue weighted by atomic mass is 10.1. The molecule has 108 valence electrons. The lowest BCUT2D eigenvalue weighted by molar-refractivity contribution is -0.163. The molecule has 1 aliphatic heterocycles. The largest absolute Gasteiger partial charge is 0.458 e. The molecule has 0 aromatic rings. The summed E-state index contributed by atoms with van der Waals surface area (Å²) < 4.78 is 5.35. The normalized spacial score (nSPS) is 21.4. The number of amides is 1. The van der Waals surface area contributed by atoms with Crippen LogP contribution in [0.3, 0.4) is 0 Å². The van der Waals surface area contributed by atoms with Crippen molar-refractivity contribution in [3.63, 3.8) is 0 Å². The van der Waals surface area contributed by atoms with Crippen LogP contribution in [0.25, 0.3) is 0 Å². The fourth-order valence-corrected chi connectivity index (χ4v) is 2.27. The van der Waals surface area contributed by atoms with Crippen LogP contribution in [0.5, 0.6) is 0 Å². The Kier molecular flexibility index (Phi) is 4.90. The van der Waals surface area contributed by atoms with Gasteiger partial charge in [-0.3, -0.25) is 4.79 Å². The zero-order valence-electron chi connectivity index (χ0n) is 11.9. The Morgan fingerprint density at radius 2 is 2.16 bits per heavy atom. The summed E-state index contributed by atoms with van der Waals surface area (Å²) in [4.78, 5) is 25.9. The molecule has 1 amide bonds. The van der Waals surface area contributed by atoms with Crippen LogP contribution in [0.1, 0.15) is 40.5 Å². The molecule has 0 aliphatic carbocycles. The fourth-order valence-electron chi connectivity index (χ4n) is 2.11. The van der Waals surface area contributed by atoms with Crippen molar-refractivity contribution in [2.24, 2.45) is 11.7 Å². The Balaban J connectivity index is 2.78. The van der Waals surface area contributed by atoms with Crippen LogP contribution in [0.4, 0.5) is 0 Å². The molecule has 6 heteroatoms. The van der Waals surface area contributed by atoms with Crippen LogP contribution in [0.2, 0.25) is 0 Å². The van der Waals surface area contributed by atoms with Gasteiger partial charge in [-0.25, -0.2) is 4.79 Å². The van der Waals surface area contributed by atoms with E-state index in [2.05, 4.69) is 0 Å². The maximum atomic E-state index is 12.1. The molecule has 0 spiro atoms. The standard InChI is InChI=1S/C13H22N2O3S/c1-5-9(12(17)18-13(2,3)4)15-7-8(11(14)19)6-10(15)16/h8-9H,5-7H2,1-4H3,(H2,14,19)/t8-,9+/m1/s1. The van der Waals surface area contributed by atoms with Crippen molar-refractivity contribution in [2.45, 2.75) is 52.2 Å². The first kappa shape index (κ1) is 15.9. The highest BCUT2D eigenvalue weighted by atomic mass is 32.1. The van der Waals surface area contributed by atoms with Gasteiger partial charge in [-0.15, -0.1) is 0 Å². The third kappa shape index (κ3) is 4.16. The first-order valence-corrected chi connectivity index (χ1v) is 6.88. The molecule has 5 nitrogen and oxygen atoms in total. The molecule has 0 saturated carbocycles. The predicted octanol–water partition coefficient (Wildman–Crippen LogP) is 1.24. The molecule has 1 rings (SSSR count). The molecule has 1 heterocycles. The Bertz CT molecular complexity index is 390. The zero-order valence-corrected chi connectivity index (χ0v) is 12.8. The smallest absolute Gasteiger partial charge is 0.329 e. The van der Waals surface area contributed by atoms with Crippen molar-refractivity contribution in [3.05, 3.63) is 0 Å². The van der Waals surface area contributed by atoms with E-state index >= 15 is 0 Å². The second-order valence-corrected chi connectivity index (χ2v) is 6.28. The topological polar surface area (TPSA) is 72.6 Å². The second kappa shape index (κ2) is 5.86. The van der Waals surface area contributed by atoms with Gasteiger partial charge in [0, 0.05) is 18.9 Å². The van der Waals surface area contributed by atoms with Crippen molar-refractivity contribution in [1.82, 2.24) is 4.90 Å². The van der Waals surface area contributed by atoms with E-state index < -0.39 is 11.6 Å². The van der Waals surface area contributed by atoms with Gasteiger partial charge < -0.3 is 15.4 Å². The maximum absolute atomic E-state index is 12.1. The lowest BCUT2D eigenvalue weighted by Gasteiger charge is -2.29. The molecule has 1 saturated heterocycles. The molecule has 1 fully saturated rings. The minimum absolute atomic E-state index is 0.0875. The van der Waals surface area contributed by atoms with Crippen molar-refractivity contribution in [1.29, 1.82) is 0 Å².